The van der Waals surface area contributed by atoms with Crippen LogP contribution in [0.4, 0.5) is 5.69 Å². The van der Waals surface area contributed by atoms with E-state index in [1.165, 1.54) is 32.1 Å². The Labute approximate surface area is 168 Å². The maximum absolute atomic E-state index is 12.5. The van der Waals surface area contributed by atoms with Crippen LogP contribution in [0.3, 0.4) is 0 Å². The number of benzene rings is 1. The van der Waals surface area contributed by atoms with Crippen molar-refractivity contribution < 1.29 is 9.59 Å². The molecular formula is C23H33N3O2. The number of aryl methyl sites for hydroxylation is 1. The van der Waals surface area contributed by atoms with Crippen LogP contribution >= 0.6 is 0 Å². The van der Waals surface area contributed by atoms with E-state index in [1.807, 2.05) is 25.1 Å². The molecule has 5 heteroatoms. The number of nitrogens with one attached hydrogen (secondary N) is 3. The summed E-state index contributed by atoms with van der Waals surface area (Å²) in [4.78, 5) is 25.1. The maximum atomic E-state index is 12.5. The number of piperidine rings is 1. The number of carbonyl (C=O) groups excluding carboxylic acids is 2. The number of carbonyl (C=O) groups is 2. The van der Waals surface area contributed by atoms with Gasteiger partial charge in [0.1, 0.15) is 0 Å². The molecule has 1 aliphatic carbocycles. The standard InChI is InChI=1S/C23H33N3O2/c1-15-11-17(23(28)25-18-5-3-2-4-6-18)7-10-21(15)26-22(27)14-16-12-19-8-9-20(13-16)24-19/h7,10-11,16,18-20,24H,2-6,8-9,12-14H2,1H3,(H,25,28)(H,26,27). The predicted molar refractivity (Wildman–Crippen MR) is 111 cm³/mol. The lowest BCUT2D eigenvalue weighted by atomic mass is 9.89. The highest BCUT2D eigenvalue weighted by atomic mass is 16.2. The van der Waals surface area contributed by atoms with Gasteiger partial charge in [-0.3, -0.25) is 9.59 Å². The van der Waals surface area contributed by atoms with Gasteiger partial charge in [0.2, 0.25) is 5.91 Å². The summed E-state index contributed by atoms with van der Waals surface area (Å²) in [6.45, 7) is 1.96. The third kappa shape index (κ3) is 4.75. The molecule has 0 aromatic heterocycles. The molecule has 2 aliphatic heterocycles. The molecule has 3 fully saturated rings. The highest BCUT2D eigenvalue weighted by molar-refractivity contribution is 5.96. The summed E-state index contributed by atoms with van der Waals surface area (Å²) < 4.78 is 0. The van der Waals surface area contributed by atoms with Gasteiger partial charge in [-0.2, -0.15) is 0 Å². The fraction of sp³-hybridized carbons (Fsp3) is 0.652. The molecule has 0 spiro atoms. The highest BCUT2D eigenvalue weighted by Gasteiger charge is 2.34. The van der Waals surface area contributed by atoms with Gasteiger partial charge in [0.25, 0.3) is 5.91 Å². The first-order chi connectivity index (χ1) is 13.6. The molecule has 2 amide bonds. The van der Waals surface area contributed by atoms with Crippen LogP contribution < -0.4 is 16.0 Å². The third-order valence-electron chi connectivity index (χ3n) is 6.75. The molecule has 28 heavy (non-hydrogen) atoms. The van der Waals surface area contributed by atoms with Gasteiger partial charge >= 0.3 is 0 Å². The van der Waals surface area contributed by atoms with Crippen molar-refractivity contribution >= 4 is 17.5 Å². The molecule has 1 saturated carbocycles. The third-order valence-corrected chi connectivity index (χ3v) is 6.75. The quantitative estimate of drug-likeness (QED) is 0.722. The Morgan fingerprint density at radius 1 is 1.04 bits per heavy atom. The summed E-state index contributed by atoms with van der Waals surface area (Å²) >= 11 is 0. The number of fused-ring (bicyclic) bond motifs is 2. The van der Waals surface area contributed by atoms with E-state index in [2.05, 4.69) is 16.0 Å². The van der Waals surface area contributed by atoms with E-state index in [4.69, 9.17) is 0 Å². The zero-order chi connectivity index (χ0) is 19.5. The van der Waals surface area contributed by atoms with E-state index < -0.39 is 0 Å². The number of rotatable bonds is 5. The highest BCUT2D eigenvalue weighted by Crippen LogP contribution is 2.33. The lowest BCUT2D eigenvalue weighted by Crippen LogP contribution is -2.39. The average molecular weight is 384 g/mol. The summed E-state index contributed by atoms with van der Waals surface area (Å²) in [5.41, 5.74) is 2.43. The van der Waals surface area contributed by atoms with Crippen molar-refractivity contribution in [2.45, 2.75) is 89.3 Å². The summed E-state index contributed by atoms with van der Waals surface area (Å²) in [5.74, 6) is 0.575. The molecule has 2 unspecified atom stereocenters. The minimum Gasteiger partial charge on any atom is -0.349 e. The molecule has 152 valence electrons. The first-order valence-electron chi connectivity index (χ1n) is 11.0. The zero-order valence-corrected chi connectivity index (χ0v) is 16.9. The normalized spacial score (nSPS) is 27.4. The number of anilines is 1. The molecule has 5 nitrogen and oxygen atoms in total. The summed E-state index contributed by atoms with van der Waals surface area (Å²) in [5, 5.41) is 9.85. The van der Waals surface area contributed by atoms with Crippen molar-refractivity contribution in [3.05, 3.63) is 29.3 Å². The number of hydrogen-bond acceptors (Lipinski definition) is 3. The summed E-state index contributed by atoms with van der Waals surface area (Å²) in [7, 11) is 0. The van der Waals surface area contributed by atoms with Crippen LogP contribution in [-0.2, 0) is 4.79 Å². The van der Waals surface area contributed by atoms with Crippen LogP contribution in [-0.4, -0.2) is 29.9 Å². The largest absolute Gasteiger partial charge is 0.349 e. The van der Waals surface area contributed by atoms with E-state index in [1.54, 1.807) is 0 Å². The van der Waals surface area contributed by atoms with Crippen LogP contribution in [0.2, 0.25) is 0 Å². The lowest BCUT2D eigenvalue weighted by Gasteiger charge is -2.28. The minimum atomic E-state index is -0.00180. The molecule has 2 atom stereocenters. The smallest absolute Gasteiger partial charge is 0.251 e. The Bertz CT molecular complexity index is 715. The second-order valence-corrected chi connectivity index (χ2v) is 9.07. The fourth-order valence-electron chi connectivity index (χ4n) is 5.27. The van der Waals surface area contributed by atoms with Crippen molar-refractivity contribution in [3.8, 4) is 0 Å². The molecule has 2 heterocycles. The van der Waals surface area contributed by atoms with Gasteiger partial charge in [0, 0.05) is 35.8 Å². The molecule has 3 N–H and O–H groups in total. The van der Waals surface area contributed by atoms with Gasteiger partial charge in [-0.25, -0.2) is 0 Å². The topological polar surface area (TPSA) is 70.2 Å². The Hall–Kier alpha value is -1.88. The van der Waals surface area contributed by atoms with E-state index in [9.17, 15) is 9.59 Å². The summed E-state index contributed by atoms with van der Waals surface area (Å²) in [6.07, 6.45) is 11.2. The Morgan fingerprint density at radius 3 is 2.43 bits per heavy atom. The van der Waals surface area contributed by atoms with Crippen molar-refractivity contribution in [2.75, 3.05) is 5.32 Å². The van der Waals surface area contributed by atoms with Crippen LogP contribution in [0.1, 0.15) is 80.1 Å². The SMILES string of the molecule is Cc1cc(C(=O)NC2CCCCC2)ccc1NC(=O)CC1CC2CCC(C1)N2. The molecule has 1 aromatic carbocycles. The van der Waals surface area contributed by atoms with Crippen LogP contribution in [0, 0.1) is 12.8 Å². The van der Waals surface area contributed by atoms with E-state index in [-0.39, 0.29) is 11.8 Å². The Kier molecular flexibility index (Phi) is 6.00. The van der Waals surface area contributed by atoms with E-state index in [0.29, 0.717) is 36.0 Å². The van der Waals surface area contributed by atoms with Crippen LogP contribution in [0.15, 0.2) is 18.2 Å². The van der Waals surface area contributed by atoms with Gasteiger partial charge in [0.15, 0.2) is 0 Å². The first kappa shape index (κ1) is 19.4. The molecule has 2 saturated heterocycles. The van der Waals surface area contributed by atoms with Gasteiger partial charge in [-0.1, -0.05) is 19.3 Å². The second kappa shape index (κ2) is 8.64. The zero-order valence-electron chi connectivity index (χ0n) is 16.9. The monoisotopic (exact) mass is 383 g/mol. The van der Waals surface area contributed by atoms with Crippen molar-refractivity contribution in [1.29, 1.82) is 0 Å². The molecule has 2 bridgehead atoms. The molecule has 0 radical (unpaired) electrons. The Balaban J connectivity index is 1.31. The van der Waals surface area contributed by atoms with E-state index >= 15 is 0 Å². The predicted octanol–water partition coefficient (Wildman–Crippen LogP) is 3.92. The minimum absolute atomic E-state index is 0.00180. The van der Waals surface area contributed by atoms with Gasteiger partial charge in [-0.15, -0.1) is 0 Å². The van der Waals surface area contributed by atoms with Crippen molar-refractivity contribution in [2.24, 2.45) is 5.92 Å². The fourth-order valence-corrected chi connectivity index (χ4v) is 5.27. The first-order valence-corrected chi connectivity index (χ1v) is 11.0. The van der Waals surface area contributed by atoms with Crippen molar-refractivity contribution in [3.63, 3.8) is 0 Å². The van der Waals surface area contributed by atoms with Crippen molar-refractivity contribution in [1.82, 2.24) is 10.6 Å². The second-order valence-electron chi connectivity index (χ2n) is 9.07. The molecule has 1 aromatic rings. The van der Waals surface area contributed by atoms with Crippen LogP contribution in [0.5, 0.6) is 0 Å². The lowest BCUT2D eigenvalue weighted by molar-refractivity contribution is -0.117. The number of hydrogen-bond donors (Lipinski definition) is 3. The van der Waals surface area contributed by atoms with Crippen LogP contribution in [0.25, 0.3) is 0 Å². The number of amides is 2. The molecule has 3 aliphatic rings. The maximum Gasteiger partial charge on any atom is 0.251 e. The molecule has 4 rings (SSSR count). The van der Waals surface area contributed by atoms with Gasteiger partial charge in [-0.05, 0) is 75.1 Å². The Morgan fingerprint density at radius 2 is 1.75 bits per heavy atom. The van der Waals surface area contributed by atoms with E-state index in [0.717, 1.165) is 36.9 Å². The average Bonchev–Trinajstić information content (AvgIpc) is 3.02. The molecular weight excluding hydrogens is 350 g/mol. The van der Waals surface area contributed by atoms with Gasteiger partial charge < -0.3 is 16.0 Å². The summed E-state index contributed by atoms with van der Waals surface area (Å²) in [6, 6.07) is 7.11. The van der Waals surface area contributed by atoms with Gasteiger partial charge in [0.05, 0.1) is 0 Å².